The normalized spacial score (nSPS) is 21.7. The fourth-order valence-corrected chi connectivity index (χ4v) is 3.45. The molecule has 3 atom stereocenters. The van der Waals surface area contributed by atoms with Crippen LogP contribution in [0.1, 0.15) is 25.5 Å². The van der Waals surface area contributed by atoms with E-state index in [1.165, 1.54) is 6.33 Å². The quantitative estimate of drug-likeness (QED) is 0.752. The lowest BCUT2D eigenvalue weighted by molar-refractivity contribution is -0.121. The zero-order valence-corrected chi connectivity index (χ0v) is 14.7. The second kappa shape index (κ2) is 6.62. The van der Waals surface area contributed by atoms with Gasteiger partial charge in [0.1, 0.15) is 6.33 Å². The van der Waals surface area contributed by atoms with Crippen LogP contribution in [0.25, 0.3) is 0 Å². The summed E-state index contributed by atoms with van der Waals surface area (Å²) in [7, 11) is 0. The predicted molar refractivity (Wildman–Crippen MR) is 97.7 cm³/mol. The lowest BCUT2D eigenvalue weighted by Gasteiger charge is -2.36. The van der Waals surface area contributed by atoms with Gasteiger partial charge in [-0.2, -0.15) is 15.2 Å². The second-order valence-electron chi connectivity index (χ2n) is 6.42. The number of rotatable bonds is 4. The number of aryl methyl sites for hydroxylation is 1. The molecule has 26 heavy (non-hydrogen) atoms. The van der Waals surface area contributed by atoms with Gasteiger partial charge in [0.15, 0.2) is 0 Å². The largest absolute Gasteiger partial charge is 0.351 e. The molecule has 2 aromatic heterocycles. The van der Waals surface area contributed by atoms with Crippen molar-refractivity contribution in [1.82, 2.24) is 24.5 Å². The highest BCUT2D eigenvalue weighted by atomic mass is 16.2. The molecule has 0 unspecified atom stereocenters. The first-order valence-electron chi connectivity index (χ1n) is 8.71. The molecule has 1 aliphatic rings. The van der Waals surface area contributed by atoms with Gasteiger partial charge < -0.3 is 10.6 Å². The van der Waals surface area contributed by atoms with E-state index in [9.17, 15) is 4.79 Å². The van der Waals surface area contributed by atoms with Gasteiger partial charge in [-0.15, -0.1) is 0 Å². The molecule has 0 bridgehead atoms. The zero-order valence-electron chi connectivity index (χ0n) is 14.7. The number of benzene rings is 1. The maximum Gasteiger partial charge on any atom is 0.232 e. The number of nitrogens with one attached hydrogen (secondary N) is 2. The summed E-state index contributed by atoms with van der Waals surface area (Å²) in [6.07, 6.45) is 5.28. The van der Waals surface area contributed by atoms with E-state index in [-0.39, 0.29) is 23.9 Å². The van der Waals surface area contributed by atoms with E-state index >= 15 is 0 Å². The van der Waals surface area contributed by atoms with Crippen molar-refractivity contribution in [2.75, 3.05) is 10.6 Å². The molecule has 3 heterocycles. The van der Waals surface area contributed by atoms with E-state index in [1.54, 1.807) is 10.9 Å². The predicted octanol–water partition coefficient (Wildman–Crippen LogP) is 2.15. The molecule has 3 aromatic rings. The number of hydrogen-bond donors (Lipinski definition) is 2. The Balaban J connectivity index is 1.71. The number of anilines is 2. The Bertz CT molecular complexity index is 901. The molecule has 1 amide bonds. The third-order valence-corrected chi connectivity index (χ3v) is 4.73. The number of fused-ring (bicyclic) bond motifs is 1. The van der Waals surface area contributed by atoms with Crippen LogP contribution in [0.2, 0.25) is 0 Å². The lowest BCUT2D eigenvalue weighted by Crippen LogP contribution is -2.46. The average molecular weight is 351 g/mol. The number of carbonyl (C=O) groups excluding carboxylic acids is 1. The van der Waals surface area contributed by atoms with E-state index in [2.05, 4.69) is 25.8 Å². The van der Waals surface area contributed by atoms with Crippen LogP contribution in [0, 0.1) is 5.92 Å². The van der Waals surface area contributed by atoms with Crippen molar-refractivity contribution >= 4 is 17.5 Å². The van der Waals surface area contributed by atoms with Crippen LogP contribution in [0.3, 0.4) is 0 Å². The molecule has 4 rings (SSSR count). The molecule has 0 radical (unpaired) electrons. The molecule has 1 aliphatic heterocycles. The van der Waals surface area contributed by atoms with Gasteiger partial charge >= 0.3 is 0 Å². The summed E-state index contributed by atoms with van der Waals surface area (Å²) in [5, 5.41) is 15.0. The lowest BCUT2D eigenvalue weighted by atomic mass is 9.86. The van der Waals surface area contributed by atoms with Crippen LogP contribution >= 0.6 is 0 Å². The van der Waals surface area contributed by atoms with E-state index in [0.717, 1.165) is 17.8 Å². The Morgan fingerprint density at radius 1 is 1.27 bits per heavy atom. The van der Waals surface area contributed by atoms with Crippen molar-refractivity contribution in [3.63, 3.8) is 0 Å². The molecule has 0 spiro atoms. The Morgan fingerprint density at radius 2 is 2.08 bits per heavy atom. The SMILES string of the molecule is CCn1cc([C@H]2[C@H](C(=O)Nc3ccccc3)[C@H](C)Nc3ncnn32)cn1. The van der Waals surface area contributed by atoms with Gasteiger partial charge in [-0.3, -0.25) is 9.48 Å². The van der Waals surface area contributed by atoms with Crippen molar-refractivity contribution in [2.24, 2.45) is 5.92 Å². The molecule has 0 saturated heterocycles. The molecule has 8 heteroatoms. The summed E-state index contributed by atoms with van der Waals surface area (Å²) in [6, 6.07) is 9.10. The van der Waals surface area contributed by atoms with Gasteiger partial charge in [0, 0.05) is 30.0 Å². The molecule has 0 fully saturated rings. The number of nitrogens with zero attached hydrogens (tertiary/aromatic N) is 5. The molecule has 2 N–H and O–H groups in total. The molecule has 8 nitrogen and oxygen atoms in total. The smallest absolute Gasteiger partial charge is 0.232 e. The third-order valence-electron chi connectivity index (χ3n) is 4.73. The van der Waals surface area contributed by atoms with Gasteiger partial charge in [-0.05, 0) is 26.0 Å². The van der Waals surface area contributed by atoms with Crippen molar-refractivity contribution in [2.45, 2.75) is 32.5 Å². The standard InChI is InChI=1S/C18H21N7O/c1-3-24-10-13(9-20-24)16-15(12(2)22-18-19-11-21-25(16)18)17(26)23-14-7-5-4-6-8-14/h4-12,15-16H,3H2,1-2H3,(H,23,26)(H,19,21,22)/t12-,15+,16-/m0/s1. The highest BCUT2D eigenvalue weighted by molar-refractivity contribution is 5.94. The Hall–Kier alpha value is -3.16. The van der Waals surface area contributed by atoms with Crippen molar-refractivity contribution in [3.05, 3.63) is 54.6 Å². The summed E-state index contributed by atoms with van der Waals surface area (Å²) >= 11 is 0. The minimum absolute atomic E-state index is 0.0633. The number of para-hydroxylation sites is 1. The number of aromatic nitrogens is 5. The minimum Gasteiger partial charge on any atom is -0.351 e. The van der Waals surface area contributed by atoms with Gasteiger partial charge in [-0.25, -0.2) is 4.68 Å². The first-order chi connectivity index (χ1) is 12.7. The highest BCUT2D eigenvalue weighted by Crippen LogP contribution is 2.36. The van der Waals surface area contributed by atoms with E-state index in [4.69, 9.17) is 0 Å². The Morgan fingerprint density at radius 3 is 2.81 bits per heavy atom. The molecule has 0 saturated carbocycles. The van der Waals surface area contributed by atoms with Crippen molar-refractivity contribution < 1.29 is 4.79 Å². The molecular formula is C18H21N7O. The summed E-state index contributed by atoms with van der Waals surface area (Å²) < 4.78 is 3.62. The monoisotopic (exact) mass is 351 g/mol. The molecule has 1 aromatic carbocycles. The fourth-order valence-electron chi connectivity index (χ4n) is 3.45. The first-order valence-corrected chi connectivity index (χ1v) is 8.71. The molecule has 134 valence electrons. The molecule has 0 aliphatic carbocycles. The summed E-state index contributed by atoms with van der Waals surface area (Å²) in [5.74, 6) is 0.237. The number of hydrogen-bond acceptors (Lipinski definition) is 5. The van der Waals surface area contributed by atoms with Gasteiger partial charge in [-0.1, -0.05) is 18.2 Å². The maximum atomic E-state index is 13.1. The van der Waals surface area contributed by atoms with Gasteiger partial charge in [0.2, 0.25) is 11.9 Å². The fraction of sp³-hybridized carbons (Fsp3) is 0.333. The first kappa shape index (κ1) is 16.3. The maximum absolute atomic E-state index is 13.1. The van der Waals surface area contributed by atoms with Crippen LogP contribution in [-0.2, 0) is 11.3 Å². The van der Waals surface area contributed by atoms with Gasteiger partial charge in [0.05, 0.1) is 18.2 Å². The Kier molecular flexibility index (Phi) is 4.16. The van der Waals surface area contributed by atoms with E-state index in [0.29, 0.717) is 5.95 Å². The zero-order chi connectivity index (χ0) is 18.1. The topological polar surface area (TPSA) is 89.7 Å². The average Bonchev–Trinajstić information content (AvgIpc) is 3.30. The van der Waals surface area contributed by atoms with Crippen molar-refractivity contribution in [3.8, 4) is 0 Å². The number of carbonyl (C=O) groups is 1. The number of amides is 1. The highest BCUT2D eigenvalue weighted by Gasteiger charge is 2.41. The van der Waals surface area contributed by atoms with Crippen molar-refractivity contribution in [1.29, 1.82) is 0 Å². The van der Waals surface area contributed by atoms with Crippen LogP contribution in [0.5, 0.6) is 0 Å². The van der Waals surface area contributed by atoms with Gasteiger partial charge in [0.25, 0.3) is 0 Å². The van der Waals surface area contributed by atoms with E-state index < -0.39 is 0 Å². The van der Waals surface area contributed by atoms with Crippen LogP contribution in [0.15, 0.2) is 49.1 Å². The summed E-state index contributed by atoms with van der Waals surface area (Å²) in [6.45, 7) is 4.79. The van der Waals surface area contributed by atoms with Crippen LogP contribution < -0.4 is 10.6 Å². The second-order valence-corrected chi connectivity index (χ2v) is 6.42. The summed E-state index contributed by atoms with van der Waals surface area (Å²) in [5.41, 5.74) is 1.72. The molecular weight excluding hydrogens is 330 g/mol. The van der Waals surface area contributed by atoms with Crippen LogP contribution in [0.4, 0.5) is 11.6 Å². The minimum atomic E-state index is -0.362. The summed E-state index contributed by atoms with van der Waals surface area (Å²) in [4.78, 5) is 17.4. The Labute approximate surface area is 151 Å². The van der Waals surface area contributed by atoms with E-state index in [1.807, 2.05) is 55.1 Å². The third kappa shape index (κ3) is 2.83. The van der Waals surface area contributed by atoms with Crippen LogP contribution in [-0.4, -0.2) is 36.5 Å².